The Morgan fingerprint density at radius 3 is 2.00 bits per heavy atom. The lowest BCUT2D eigenvalue weighted by atomic mass is 9.85. The molecule has 2 aromatic rings. The van der Waals surface area contributed by atoms with Crippen molar-refractivity contribution in [2.24, 2.45) is 5.92 Å². The fourth-order valence-electron chi connectivity index (χ4n) is 4.30. The van der Waals surface area contributed by atoms with Crippen molar-refractivity contribution in [1.82, 2.24) is 4.90 Å². The number of hydrogen-bond acceptors (Lipinski definition) is 5. The van der Waals surface area contributed by atoms with Crippen LogP contribution < -0.4 is 0 Å². The fraction of sp³-hybridized carbons (Fsp3) is 0.458. The predicted octanol–water partition coefficient (Wildman–Crippen LogP) is 3.59. The van der Waals surface area contributed by atoms with E-state index in [1.165, 1.54) is 18.7 Å². The van der Waals surface area contributed by atoms with Crippen LogP contribution in [0.5, 0.6) is 0 Å². The van der Waals surface area contributed by atoms with E-state index >= 15 is 0 Å². The quantitative estimate of drug-likeness (QED) is 0.634. The van der Waals surface area contributed by atoms with E-state index in [0.717, 1.165) is 24.3 Å². The number of alkyl halides is 3. The molecule has 1 aliphatic heterocycles. The van der Waals surface area contributed by atoms with Gasteiger partial charge in [-0.3, -0.25) is 4.79 Å². The number of nitrogens with zero attached hydrogens (tertiary/aromatic N) is 1. The van der Waals surface area contributed by atoms with Gasteiger partial charge in [-0.1, -0.05) is 30.3 Å². The Balaban J connectivity index is 1.68. The molecular weight excluding hydrogens is 471 g/mol. The van der Waals surface area contributed by atoms with E-state index in [4.69, 9.17) is 0 Å². The first kappa shape index (κ1) is 26.2. The maximum absolute atomic E-state index is 13.2. The minimum atomic E-state index is -4.56. The van der Waals surface area contributed by atoms with Crippen LogP contribution in [-0.2, 0) is 20.8 Å². The maximum Gasteiger partial charge on any atom is 0.416 e. The Labute approximate surface area is 196 Å². The van der Waals surface area contributed by atoms with Gasteiger partial charge in [0.1, 0.15) is 6.10 Å². The van der Waals surface area contributed by atoms with E-state index in [1.54, 1.807) is 30.3 Å². The molecule has 1 amide bonds. The molecule has 1 heterocycles. The van der Waals surface area contributed by atoms with Gasteiger partial charge in [0.15, 0.2) is 15.9 Å². The van der Waals surface area contributed by atoms with E-state index in [9.17, 15) is 36.6 Å². The van der Waals surface area contributed by atoms with Crippen molar-refractivity contribution >= 4 is 15.7 Å². The van der Waals surface area contributed by atoms with Crippen LogP contribution >= 0.6 is 0 Å². The summed E-state index contributed by atoms with van der Waals surface area (Å²) in [5, 5.41) is 20.7. The molecule has 1 fully saturated rings. The molecule has 186 valence electrons. The third-order valence-electron chi connectivity index (χ3n) is 6.67. The number of aliphatic hydroxyl groups excluding tert-OH is 2. The summed E-state index contributed by atoms with van der Waals surface area (Å²) in [6, 6.07) is 11.8. The molecule has 10 heteroatoms. The van der Waals surface area contributed by atoms with Gasteiger partial charge in [-0.05, 0) is 62.4 Å². The predicted molar refractivity (Wildman–Crippen MR) is 119 cm³/mol. The molecule has 0 radical (unpaired) electrons. The van der Waals surface area contributed by atoms with Crippen molar-refractivity contribution in [3.8, 4) is 0 Å². The molecule has 2 aromatic carbocycles. The normalized spacial score (nSPS) is 17.9. The SMILES string of the molecule is CC(C)(C1CCN(C(=O)[C@H](O)[C@@H](O)c2ccccc2)CC1)S(=O)(=O)c1ccc(C(F)(F)F)cc1. The van der Waals surface area contributed by atoms with Gasteiger partial charge in [-0.25, -0.2) is 8.42 Å². The Morgan fingerprint density at radius 2 is 1.50 bits per heavy atom. The van der Waals surface area contributed by atoms with Gasteiger partial charge in [0.2, 0.25) is 0 Å². The van der Waals surface area contributed by atoms with E-state index in [-0.39, 0.29) is 23.9 Å². The molecule has 0 aliphatic carbocycles. The molecule has 34 heavy (non-hydrogen) atoms. The Kier molecular flexibility index (Phi) is 7.45. The fourth-order valence-corrected chi connectivity index (χ4v) is 6.07. The Morgan fingerprint density at radius 1 is 0.971 bits per heavy atom. The summed E-state index contributed by atoms with van der Waals surface area (Å²) < 4.78 is 63.7. The summed E-state index contributed by atoms with van der Waals surface area (Å²) in [4.78, 5) is 13.9. The van der Waals surface area contributed by atoms with E-state index in [0.29, 0.717) is 18.4 Å². The molecule has 0 aromatic heterocycles. The summed E-state index contributed by atoms with van der Waals surface area (Å²) in [6.45, 7) is 3.45. The van der Waals surface area contributed by atoms with Gasteiger partial charge in [0, 0.05) is 13.1 Å². The number of piperidine rings is 1. The maximum atomic E-state index is 13.2. The highest BCUT2D eigenvalue weighted by molar-refractivity contribution is 7.92. The van der Waals surface area contributed by atoms with E-state index in [1.807, 2.05) is 0 Å². The second kappa shape index (κ2) is 9.67. The number of halogens is 3. The van der Waals surface area contributed by atoms with Crippen molar-refractivity contribution in [3.05, 3.63) is 65.7 Å². The average molecular weight is 500 g/mol. The van der Waals surface area contributed by atoms with E-state index in [2.05, 4.69) is 0 Å². The van der Waals surface area contributed by atoms with Crippen molar-refractivity contribution in [3.63, 3.8) is 0 Å². The minimum absolute atomic E-state index is 0.189. The summed E-state index contributed by atoms with van der Waals surface area (Å²) in [6.07, 6.45) is -6.94. The number of sulfone groups is 1. The first-order valence-electron chi connectivity index (χ1n) is 10.9. The number of benzene rings is 2. The zero-order valence-electron chi connectivity index (χ0n) is 18.9. The molecule has 0 bridgehead atoms. The van der Waals surface area contributed by atoms with Crippen molar-refractivity contribution in [2.45, 2.75) is 54.7 Å². The second-order valence-corrected chi connectivity index (χ2v) is 11.6. The highest BCUT2D eigenvalue weighted by atomic mass is 32.2. The molecule has 1 aliphatic rings. The topological polar surface area (TPSA) is 94.9 Å². The van der Waals surface area contributed by atoms with Crippen LogP contribution in [0.25, 0.3) is 0 Å². The summed E-state index contributed by atoms with van der Waals surface area (Å²) in [5.41, 5.74) is -0.519. The van der Waals surface area contributed by atoms with Crippen LogP contribution in [0, 0.1) is 5.92 Å². The van der Waals surface area contributed by atoms with Crippen LogP contribution in [0.15, 0.2) is 59.5 Å². The largest absolute Gasteiger partial charge is 0.416 e. The summed E-state index contributed by atoms with van der Waals surface area (Å²) in [5.74, 6) is -1.00. The lowest BCUT2D eigenvalue weighted by Crippen LogP contribution is -2.50. The standard InChI is InChI=1S/C24H28F3NO5S/c1-23(2,34(32,33)19-10-8-18(9-11-19)24(25,26)27)17-12-14-28(15-13-17)22(31)21(30)20(29)16-6-4-3-5-7-16/h3-11,17,20-21,29-30H,12-15H2,1-2H3/t20-,21+/m0/s1. The molecular formula is C24H28F3NO5S. The molecule has 0 saturated carbocycles. The molecule has 1 saturated heterocycles. The van der Waals surface area contributed by atoms with Crippen LogP contribution in [0.1, 0.15) is 43.9 Å². The molecule has 2 N–H and O–H groups in total. The molecule has 6 nitrogen and oxygen atoms in total. The van der Waals surface area contributed by atoms with Crippen molar-refractivity contribution in [1.29, 1.82) is 0 Å². The minimum Gasteiger partial charge on any atom is -0.385 e. The lowest BCUT2D eigenvalue weighted by molar-refractivity contribution is -0.148. The third-order valence-corrected chi connectivity index (χ3v) is 9.28. The molecule has 2 atom stereocenters. The van der Waals surface area contributed by atoms with Gasteiger partial charge in [-0.15, -0.1) is 0 Å². The lowest BCUT2D eigenvalue weighted by Gasteiger charge is -2.40. The van der Waals surface area contributed by atoms with Crippen LogP contribution in [-0.4, -0.2) is 53.4 Å². The van der Waals surface area contributed by atoms with Gasteiger partial charge in [0.05, 0.1) is 15.2 Å². The Bertz CT molecular complexity index is 1090. The first-order chi connectivity index (χ1) is 15.8. The summed E-state index contributed by atoms with van der Waals surface area (Å²) in [7, 11) is -3.96. The van der Waals surface area contributed by atoms with Crippen molar-refractivity contribution in [2.75, 3.05) is 13.1 Å². The van der Waals surface area contributed by atoms with Crippen LogP contribution in [0.2, 0.25) is 0 Å². The third kappa shape index (κ3) is 5.13. The summed E-state index contributed by atoms with van der Waals surface area (Å²) >= 11 is 0. The monoisotopic (exact) mass is 499 g/mol. The van der Waals surface area contributed by atoms with Crippen LogP contribution in [0.3, 0.4) is 0 Å². The van der Waals surface area contributed by atoms with Crippen molar-refractivity contribution < 1.29 is 36.6 Å². The molecule has 0 unspecified atom stereocenters. The second-order valence-electron chi connectivity index (χ2n) is 9.03. The van der Waals surface area contributed by atoms with Gasteiger partial charge >= 0.3 is 6.18 Å². The molecule has 3 rings (SSSR count). The highest BCUT2D eigenvalue weighted by Gasteiger charge is 2.45. The molecule has 0 spiro atoms. The van der Waals surface area contributed by atoms with Gasteiger partial charge < -0.3 is 15.1 Å². The number of rotatable bonds is 6. The zero-order chi connectivity index (χ0) is 25.3. The number of amides is 1. The van der Waals surface area contributed by atoms with Gasteiger partial charge in [0.25, 0.3) is 5.91 Å². The average Bonchev–Trinajstić information content (AvgIpc) is 2.82. The smallest absolute Gasteiger partial charge is 0.385 e. The highest BCUT2D eigenvalue weighted by Crippen LogP contribution is 2.39. The number of carbonyl (C=O) groups is 1. The number of likely N-dealkylation sites (tertiary alicyclic amines) is 1. The van der Waals surface area contributed by atoms with Crippen LogP contribution in [0.4, 0.5) is 13.2 Å². The van der Waals surface area contributed by atoms with E-state index < -0.39 is 44.4 Å². The zero-order valence-corrected chi connectivity index (χ0v) is 19.7. The number of carbonyl (C=O) groups excluding carboxylic acids is 1. The first-order valence-corrected chi connectivity index (χ1v) is 12.4. The number of hydrogen-bond donors (Lipinski definition) is 2. The van der Waals surface area contributed by atoms with Gasteiger partial charge in [-0.2, -0.15) is 13.2 Å². The number of aliphatic hydroxyl groups is 2. The Hall–Kier alpha value is -2.43.